The fourth-order valence-electron chi connectivity index (χ4n) is 3.25. The van der Waals surface area contributed by atoms with Gasteiger partial charge >= 0.3 is 13.1 Å². The summed E-state index contributed by atoms with van der Waals surface area (Å²) in [6.45, 7) is 16.5. The van der Waals surface area contributed by atoms with Crippen molar-refractivity contribution < 1.29 is 18.8 Å². The minimum atomic E-state index is -2.29. The van der Waals surface area contributed by atoms with Crippen molar-refractivity contribution in [3.8, 4) is 0 Å². The maximum atomic E-state index is 12.9. The molecule has 0 saturated carbocycles. The molecule has 1 heterocycles. The van der Waals surface area contributed by atoms with Gasteiger partial charge in [-0.15, -0.1) is 0 Å². The Morgan fingerprint density at radius 3 is 2.04 bits per heavy atom. The van der Waals surface area contributed by atoms with Crippen LogP contribution in [-0.2, 0) is 18.8 Å². The van der Waals surface area contributed by atoms with Crippen LogP contribution in [0.15, 0.2) is 41.0 Å². The fourth-order valence-corrected chi connectivity index (χ4v) is 6.25. The van der Waals surface area contributed by atoms with Crippen LogP contribution < -0.4 is 5.19 Å². The lowest BCUT2D eigenvalue weighted by atomic mass is 9.79. The van der Waals surface area contributed by atoms with Gasteiger partial charge < -0.3 is 14.0 Å². The first kappa shape index (κ1) is 20.9. The average molecular weight is 374 g/mol. The van der Waals surface area contributed by atoms with Crippen LogP contribution >= 0.6 is 0 Å². The Balaban J connectivity index is 2.54. The largest absolute Gasteiger partial charge is 0.490 e. The Bertz CT molecular complexity index is 679. The molecule has 1 aromatic carbocycles. The highest BCUT2D eigenvalue weighted by atomic mass is 28.3. The molecule has 0 spiro atoms. The number of allylic oxidation sites excluding steroid dienone is 1. The molecule has 1 fully saturated rings. The topological polar surface area (TPSA) is 44.8 Å². The highest BCUT2D eigenvalue weighted by molar-refractivity contribution is 6.99. The summed E-state index contributed by atoms with van der Waals surface area (Å²) in [4.78, 5) is 12.9. The number of ether oxygens (including phenoxy) is 1. The van der Waals surface area contributed by atoms with Crippen LogP contribution in [0.2, 0.25) is 13.1 Å². The van der Waals surface area contributed by atoms with Gasteiger partial charge in [-0.3, -0.25) is 0 Å². The lowest BCUT2D eigenvalue weighted by Crippen LogP contribution is -2.48. The van der Waals surface area contributed by atoms with Gasteiger partial charge in [0.15, 0.2) is 0 Å². The molecule has 26 heavy (non-hydrogen) atoms. The first-order valence-corrected chi connectivity index (χ1v) is 12.2. The van der Waals surface area contributed by atoms with Gasteiger partial charge in [-0.05, 0) is 47.0 Å². The van der Waals surface area contributed by atoms with Gasteiger partial charge in [-0.25, -0.2) is 4.79 Å². The second kappa shape index (κ2) is 7.33. The van der Waals surface area contributed by atoms with Crippen molar-refractivity contribution >= 4 is 26.3 Å². The monoisotopic (exact) mass is 374 g/mol. The molecule has 0 atom stereocenters. The van der Waals surface area contributed by atoms with Gasteiger partial charge in [-0.2, -0.15) is 0 Å². The molecule has 2 rings (SSSR count). The number of benzene rings is 1. The number of carbonyl (C=O) groups excluding carboxylic acids is 1. The molecule has 0 aliphatic carbocycles. The van der Waals surface area contributed by atoms with Crippen LogP contribution in [0.25, 0.3) is 0 Å². The maximum absolute atomic E-state index is 12.9. The lowest BCUT2D eigenvalue weighted by Gasteiger charge is -2.32. The molecule has 1 aromatic rings. The maximum Gasteiger partial charge on any atom is 0.490 e. The van der Waals surface area contributed by atoms with Gasteiger partial charge in [0.1, 0.15) is 8.07 Å². The molecule has 4 nitrogen and oxygen atoms in total. The molecule has 0 unspecified atom stereocenters. The zero-order valence-electron chi connectivity index (χ0n) is 17.3. The van der Waals surface area contributed by atoms with Crippen molar-refractivity contribution in [2.45, 2.75) is 65.8 Å². The third kappa shape index (κ3) is 3.82. The van der Waals surface area contributed by atoms with E-state index in [1.165, 1.54) is 5.19 Å². The van der Waals surface area contributed by atoms with E-state index in [0.29, 0.717) is 6.61 Å². The Labute approximate surface area is 159 Å². The quantitative estimate of drug-likeness (QED) is 0.448. The number of hydrogen-bond donors (Lipinski definition) is 0. The van der Waals surface area contributed by atoms with E-state index >= 15 is 0 Å². The van der Waals surface area contributed by atoms with E-state index in [4.69, 9.17) is 14.0 Å². The normalized spacial score (nSPS) is 19.9. The van der Waals surface area contributed by atoms with Gasteiger partial charge in [-0.1, -0.05) is 48.6 Å². The summed E-state index contributed by atoms with van der Waals surface area (Å²) in [5.74, 6) is -0.264. The Morgan fingerprint density at radius 1 is 1.08 bits per heavy atom. The predicted octanol–water partition coefficient (Wildman–Crippen LogP) is 3.65. The summed E-state index contributed by atoms with van der Waals surface area (Å²) >= 11 is 0. The smallest absolute Gasteiger partial charge is 0.463 e. The number of rotatable bonds is 5. The molecule has 1 aliphatic rings. The molecule has 0 aromatic heterocycles. The molecule has 0 bridgehead atoms. The molecule has 142 valence electrons. The van der Waals surface area contributed by atoms with E-state index in [1.54, 1.807) is 0 Å². The van der Waals surface area contributed by atoms with Crippen LogP contribution in [0.3, 0.4) is 0 Å². The van der Waals surface area contributed by atoms with E-state index in [2.05, 4.69) is 25.2 Å². The minimum absolute atomic E-state index is 0.264. The van der Waals surface area contributed by atoms with Gasteiger partial charge in [0.2, 0.25) is 0 Å². The molecular weight excluding hydrogens is 343 g/mol. The van der Waals surface area contributed by atoms with E-state index < -0.39 is 26.4 Å². The highest BCUT2D eigenvalue weighted by Gasteiger charge is 2.53. The number of carbonyl (C=O) groups is 1. The summed E-state index contributed by atoms with van der Waals surface area (Å²) in [5.41, 5.74) is -0.0727. The van der Waals surface area contributed by atoms with E-state index in [1.807, 2.05) is 59.7 Å². The summed E-state index contributed by atoms with van der Waals surface area (Å²) in [6, 6.07) is 10.2. The molecular formula is C20H31BO4Si. The molecule has 1 saturated heterocycles. The summed E-state index contributed by atoms with van der Waals surface area (Å²) in [6.07, 6.45) is 0. The van der Waals surface area contributed by atoms with Crippen molar-refractivity contribution in [1.82, 2.24) is 0 Å². The van der Waals surface area contributed by atoms with Crippen molar-refractivity contribution in [2.75, 3.05) is 6.61 Å². The fraction of sp³-hybridized carbons (Fsp3) is 0.550. The molecule has 6 heteroatoms. The van der Waals surface area contributed by atoms with Crippen LogP contribution in [0, 0.1) is 0 Å². The Kier molecular flexibility index (Phi) is 5.90. The van der Waals surface area contributed by atoms with Crippen LogP contribution in [0.4, 0.5) is 0 Å². The average Bonchev–Trinajstić information content (AvgIpc) is 2.76. The summed E-state index contributed by atoms with van der Waals surface area (Å²) in [7, 11) is -2.83. The Hall–Kier alpha value is -1.37. The standard InChI is InChI=1S/C20H31BO4Si/c1-9-23-18(22)17(26(7,8)16-13-11-10-12-14-16)15(2)21-24-19(3,4)20(5,6)25-21/h10-14H,9H2,1-8H3/b17-15+. The van der Waals surface area contributed by atoms with Crippen molar-refractivity contribution in [2.24, 2.45) is 0 Å². The highest BCUT2D eigenvalue weighted by Crippen LogP contribution is 2.39. The predicted molar refractivity (Wildman–Crippen MR) is 109 cm³/mol. The van der Waals surface area contributed by atoms with Crippen LogP contribution in [-0.4, -0.2) is 39.0 Å². The zero-order valence-corrected chi connectivity index (χ0v) is 18.3. The second-order valence-electron chi connectivity index (χ2n) is 8.36. The van der Waals surface area contributed by atoms with Crippen molar-refractivity contribution in [3.05, 3.63) is 41.0 Å². The number of hydrogen-bond acceptors (Lipinski definition) is 4. The van der Waals surface area contributed by atoms with E-state index in [-0.39, 0.29) is 5.97 Å². The van der Waals surface area contributed by atoms with Crippen molar-refractivity contribution in [1.29, 1.82) is 0 Å². The molecule has 1 aliphatic heterocycles. The van der Waals surface area contributed by atoms with Gasteiger partial charge in [0.05, 0.1) is 17.8 Å². The third-order valence-electron chi connectivity index (χ3n) is 5.60. The first-order chi connectivity index (χ1) is 11.9. The molecule has 0 N–H and O–H groups in total. The molecule has 0 amide bonds. The van der Waals surface area contributed by atoms with E-state index in [9.17, 15) is 4.79 Å². The van der Waals surface area contributed by atoms with Crippen molar-refractivity contribution in [3.63, 3.8) is 0 Å². The van der Waals surface area contributed by atoms with E-state index in [0.717, 1.165) is 10.7 Å². The van der Waals surface area contributed by atoms with Gasteiger partial charge in [0.25, 0.3) is 0 Å². The molecule has 0 radical (unpaired) electrons. The Morgan fingerprint density at radius 2 is 1.58 bits per heavy atom. The zero-order chi connectivity index (χ0) is 19.8. The summed E-state index contributed by atoms with van der Waals surface area (Å²) in [5, 5.41) is 1.91. The summed E-state index contributed by atoms with van der Waals surface area (Å²) < 4.78 is 17.8. The second-order valence-corrected chi connectivity index (χ2v) is 12.7. The lowest BCUT2D eigenvalue weighted by molar-refractivity contribution is -0.137. The van der Waals surface area contributed by atoms with Crippen LogP contribution in [0.5, 0.6) is 0 Å². The third-order valence-corrected chi connectivity index (χ3v) is 9.23. The first-order valence-electron chi connectivity index (χ1n) is 9.23. The number of esters is 1. The SMILES string of the molecule is CCOC(=O)/C(=C(/C)B1OC(C)(C)C(C)(C)O1)[Si](C)(C)c1ccccc1. The minimum Gasteiger partial charge on any atom is -0.463 e. The van der Waals surface area contributed by atoms with Gasteiger partial charge in [0, 0.05) is 5.20 Å². The van der Waals surface area contributed by atoms with Crippen LogP contribution in [0.1, 0.15) is 41.5 Å².